The molecule has 6 aliphatic heterocycles. The first-order valence-electron chi connectivity index (χ1n) is 28.2. The van der Waals surface area contributed by atoms with Crippen LogP contribution in [0.3, 0.4) is 0 Å². The quantitative estimate of drug-likeness (QED) is 0.0770. The summed E-state index contributed by atoms with van der Waals surface area (Å²) in [5.41, 5.74) is 4.87. The first-order chi connectivity index (χ1) is 37.7. The predicted molar refractivity (Wildman–Crippen MR) is 294 cm³/mol. The van der Waals surface area contributed by atoms with E-state index in [4.69, 9.17) is 23.9 Å². The normalized spacial score (nSPS) is 27.9. The molecule has 8 heterocycles. The number of ether oxygens (including phenoxy) is 4. The zero-order valence-corrected chi connectivity index (χ0v) is 45.3. The number of nitrogens with zero attached hydrogens (tertiary/aromatic N) is 6. The molecular weight excluding hydrogens is 1010 g/mol. The van der Waals surface area contributed by atoms with Crippen molar-refractivity contribution in [3.8, 4) is 11.6 Å². The van der Waals surface area contributed by atoms with E-state index < -0.39 is 43.1 Å². The summed E-state index contributed by atoms with van der Waals surface area (Å²) < 4.78 is 55.2. The Kier molecular flexibility index (Phi) is 13.4. The number of sulfonamides is 1. The number of nitrogens with one attached hydrogen (secondary N) is 3. The topological polar surface area (TPSA) is 217 Å². The maximum Gasteiger partial charge on any atom is 0.297 e. The highest BCUT2D eigenvalue weighted by atomic mass is 32.2. The van der Waals surface area contributed by atoms with Crippen LogP contribution >= 0.6 is 0 Å². The Balaban J connectivity index is 0.772. The molecule has 19 nitrogen and oxygen atoms in total. The molecule has 1 amide bonds. The van der Waals surface area contributed by atoms with Crippen LogP contribution in [0.15, 0.2) is 77.8 Å². The van der Waals surface area contributed by atoms with Crippen LogP contribution in [0.5, 0.6) is 11.6 Å². The third-order valence-corrected chi connectivity index (χ3v) is 20.3. The molecular formula is C58H71N9O10S. The van der Waals surface area contributed by atoms with Gasteiger partial charge in [0.2, 0.25) is 5.88 Å². The first-order valence-corrected chi connectivity index (χ1v) is 29.7. The van der Waals surface area contributed by atoms with E-state index in [2.05, 4.69) is 65.8 Å². The number of aromatic nitrogens is 2. The van der Waals surface area contributed by atoms with E-state index >= 15 is 0 Å². The maximum absolute atomic E-state index is 14.9. The number of aliphatic hydroxyl groups is 1. The number of carbonyl (C=O) groups is 1. The minimum atomic E-state index is -4.70. The predicted octanol–water partition coefficient (Wildman–Crippen LogP) is 7.99. The molecule has 1 spiro atoms. The number of piperidine rings is 1. The van der Waals surface area contributed by atoms with Crippen molar-refractivity contribution in [2.45, 2.75) is 131 Å². The lowest BCUT2D eigenvalue weighted by Gasteiger charge is -2.59. The number of aromatic amines is 1. The first kappa shape index (κ1) is 51.4. The lowest BCUT2D eigenvalue weighted by atomic mass is 9.59. The molecule has 5 aromatic rings. The standard InChI is InChI=1S/C58H71N9O10S/c1-36-5-3-4-6-43(36)50-33-64(39-9-15-57(2,69)16-10-39)22-23-65(50)41-31-58(32-41)17-20-63(21-18-58)40-7-8-44(47(28-40)66-46-14-26-75-35-52(46)77-56-49(66)27-38-11-19-59-54(38)61-56)55(68)62-78(72,73)42-29-48(67(70)71)53-51(30-42)76-34-45(60-53)37-12-24-74-25-13-37/h3-8,11,19,27-30,37,39,41,45-46,50,52,60,69H,9-10,12-18,20-26,31-35H2,1-2H3,(H,59,61)(H,62,68)/t39?,45-,46-,50-,52-,57?/m0/s1. The van der Waals surface area contributed by atoms with Gasteiger partial charge in [-0.3, -0.25) is 24.7 Å². The second kappa shape index (κ2) is 20.3. The van der Waals surface area contributed by atoms with Gasteiger partial charge in [0.25, 0.3) is 21.6 Å². The third kappa shape index (κ3) is 9.62. The van der Waals surface area contributed by atoms with Crippen molar-refractivity contribution in [1.82, 2.24) is 24.5 Å². The van der Waals surface area contributed by atoms with Crippen LogP contribution in [0.1, 0.15) is 105 Å². The molecule has 2 aromatic heterocycles. The Bertz CT molecular complexity index is 3210. The Hall–Kier alpha value is -6.03. The van der Waals surface area contributed by atoms with Crippen molar-refractivity contribution >= 4 is 55.4 Å². The Morgan fingerprint density at radius 3 is 2.45 bits per heavy atom. The van der Waals surface area contributed by atoms with Crippen molar-refractivity contribution in [1.29, 1.82) is 0 Å². The average Bonchev–Trinajstić information content (AvgIpc) is 4.05. The molecule has 414 valence electrons. The number of hydrogen-bond acceptors (Lipinski definition) is 16. The van der Waals surface area contributed by atoms with E-state index in [9.17, 15) is 28.4 Å². The second-order valence-electron chi connectivity index (χ2n) is 23.8. The monoisotopic (exact) mass is 1090 g/mol. The molecule has 6 fully saturated rings. The lowest BCUT2D eigenvalue weighted by Crippen LogP contribution is -2.61. The minimum Gasteiger partial charge on any atom is -0.489 e. The molecule has 20 heteroatoms. The zero-order chi connectivity index (χ0) is 53.5. The molecule has 0 bridgehead atoms. The molecule has 0 unspecified atom stereocenters. The van der Waals surface area contributed by atoms with Crippen LogP contribution in [-0.4, -0.2) is 146 Å². The van der Waals surface area contributed by atoms with Gasteiger partial charge in [-0.15, -0.1) is 0 Å². The number of pyridine rings is 1. The smallest absolute Gasteiger partial charge is 0.297 e. The molecule has 2 saturated carbocycles. The fraction of sp³-hybridized carbons (Fsp3) is 0.552. The fourth-order valence-electron chi connectivity index (χ4n) is 14.4. The number of anilines is 4. The lowest BCUT2D eigenvalue weighted by molar-refractivity contribution is -0.384. The van der Waals surface area contributed by atoms with Crippen LogP contribution in [0.25, 0.3) is 11.0 Å². The Morgan fingerprint density at radius 2 is 1.67 bits per heavy atom. The molecule has 8 aliphatic rings. The Morgan fingerprint density at radius 1 is 0.885 bits per heavy atom. The molecule has 78 heavy (non-hydrogen) atoms. The van der Waals surface area contributed by atoms with Gasteiger partial charge in [0, 0.05) is 100 Å². The number of nitro groups is 1. The number of piperazine rings is 1. The van der Waals surface area contributed by atoms with E-state index in [1.54, 1.807) is 6.07 Å². The summed E-state index contributed by atoms with van der Waals surface area (Å²) in [6, 6.07) is 21.5. The summed E-state index contributed by atoms with van der Waals surface area (Å²) in [4.78, 5) is 44.4. The zero-order valence-electron chi connectivity index (χ0n) is 44.5. The van der Waals surface area contributed by atoms with Gasteiger partial charge < -0.3 is 44.2 Å². The van der Waals surface area contributed by atoms with E-state index in [1.807, 2.05) is 37.4 Å². The largest absolute Gasteiger partial charge is 0.489 e. The van der Waals surface area contributed by atoms with Gasteiger partial charge in [0.1, 0.15) is 24.0 Å². The molecule has 13 rings (SSSR count). The molecule has 3 aromatic carbocycles. The number of rotatable bonds is 10. The molecule has 2 aliphatic carbocycles. The van der Waals surface area contributed by atoms with Gasteiger partial charge in [-0.2, -0.15) is 4.98 Å². The van der Waals surface area contributed by atoms with E-state index in [1.165, 1.54) is 17.2 Å². The van der Waals surface area contributed by atoms with Crippen LogP contribution in [0.2, 0.25) is 0 Å². The van der Waals surface area contributed by atoms with Crippen LogP contribution in [-0.2, 0) is 19.5 Å². The molecule has 0 radical (unpaired) electrons. The average molecular weight is 1090 g/mol. The number of carbonyl (C=O) groups excluding carboxylic acids is 1. The number of amides is 1. The van der Waals surface area contributed by atoms with Gasteiger partial charge in [0.05, 0.1) is 45.4 Å². The van der Waals surface area contributed by atoms with Crippen LogP contribution in [0.4, 0.5) is 28.4 Å². The van der Waals surface area contributed by atoms with Crippen molar-refractivity contribution in [2.24, 2.45) is 11.3 Å². The van der Waals surface area contributed by atoms with Gasteiger partial charge >= 0.3 is 0 Å². The highest BCUT2D eigenvalue weighted by Gasteiger charge is 2.51. The van der Waals surface area contributed by atoms with Gasteiger partial charge in [-0.1, -0.05) is 24.3 Å². The summed E-state index contributed by atoms with van der Waals surface area (Å²) in [6.07, 6.45) is 11.6. The number of fused-ring (bicyclic) bond motifs is 4. The number of nitro benzene ring substituents is 1. The van der Waals surface area contributed by atoms with Crippen molar-refractivity contribution in [2.75, 3.05) is 80.9 Å². The molecule has 4 atom stereocenters. The minimum absolute atomic E-state index is 0.0294. The third-order valence-electron chi connectivity index (χ3n) is 19.0. The van der Waals surface area contributed by atoms with Crippen molar-refractivity contribution in [3.05, 3.63) is 99.7 Å². The summed E-state index contributed by atoms with van der Waals surface area (Å²) in [7, 11) is -4.70. The summed E-state index contributed by atoms with van der Waals surface area (Å²) in [6.45, 7) is 11.1. The summed E-state index contributed by atoms with van der Waals surface area (Å²) in [5.74, 6) is -0.330. The van der Waals surface area contributed by atoms with Crippen molar-refractivity contribution in [3.63, 3.8) is 0 Å². The van der Waals surface area contributed by atoms with Crippen molar-refractivity contribution < 1.29 is 42.2 Å². The highest BCUT2D eigenvalue weighted by molar-refractivity contribution is 7.90. The number of H-pyrrole nitrogens is 1. The van der Waals surface area contributed by atoms with Gasteiger partial charge in [-0.25, -0.2) is 13.1 Å². The number of benzene rings is 3. The Labute approximate surface area is 455 Å². The number of hydrogen-bond donors (Lipinski definition) is 4. The van der Waals surface area contributed by atoms with E-state index in [0.29, 0.717) is 73.9 Å². The van der Waals surface area contributed by atoms with Crippen LogP contribution < -0.4 is 29.3 Å². The summed E-state index contributed by atoms with van der Waals surface area (Å²) >= 11 is 0. The SMILES string of the molecule is Cc1ccccc1[C@@H]1CN(C2CCC(C)(O)CC2)CCN1C1CC2(CCN(c3ccc(C(=O)NS(=O)(=O)c4cc5c(c([N+](=O)[O-])c4)N[C@H](C4CCOCC4)CO5)c(N4c5cc6cc[nH]c6nc5O[C@H]5COCC[C@@H]54)c3)CC2)C1. The molecule has 4 saturated heterocycles. The fourth-order valence-corrected chi connectivity index (χ4v) is 15.4. The summed E-state index contributed by atoms with van der Waals surface area (Å²) in [5, 5.41) is 27.4. The van der Waals surface area contributed by atoms with Gasteiger partial charge in [-0.05, 0) is 137 Å². The van der Waals surface area contributed by atoms with E-state index in [0.717, 1.165) is 114 Å². The van der Waals surface area contributed by atoms with Gasteiger partial charge in [0.15, 0.2) is 11.4 Å². The maximum atomic E-state index is 14.9. The van der Waals surface area contributed by atoms with Crippen LogP contribution in [0, 0.1) is 28.4 Å². The highest BCUT2D eigenvalue weighted by Crippen LogP contribution is 2.54. The number of aryl methyl sites for hydroxylation is 1. The second-order valence-corrected chi connectivity index (χ2v) is 25.5. The molecule has 4 N–H and O–H groups in total. The van der Waals surface area contributed by atoms with E-state index in [-0.39, 0.29) is 47.0 Å².